The number of hydrogen-bond donors (Lipinski definition) is 0. The summed E-state index contributed by atoms with van der Waals surface area (Å²) in [6, 6.07) is 0. The topological polar surface area (TPSA) is 34.1 Å². The second-order valence-corrected chi connectivity index (χ2v) is 6.36. The highest BCUT2D eigenvalue weighted by Gasteiger charge is 2.56. The van der Waals surface area contributed by atoms with Gasteiger partial charge in [-0.15, -0.1) is 0 Å². The van der Waals surface area contributed by atoms with Crippen LogP contribution in [0.3, 0.4) is 0 Å². The maximum Gasteiger partial charge on any atom is 0.206 e. The Bertz CT molecular complexity index is 517. The number of allylic oxidation sites excluding steroid dienone is 6. The first-order valence-electron chi connectivity index (χ1n) is 6.88. The van der Waals surface area contributed by atoms with Gasteiger partial charge in [0.25, 0.3) is 0 Å². The minimum Gasteiger partial charge on any atom is -0.290 e. The molecule has 3 aliphatic carbocycles. The van der Waals surface area contributed by atoms with Crippen molar-refractivity contribution in [2.24, 2.45) is 23.2 Å². The lowest BCUT2D eigenvalue weighted by molar-refractivity contribution is -0.149. The number of carbonyl (C=O) groups is 2. The molecule has 2 bridgehead atoms. The van der Waals surface area contributed by atoms with Gasteiger partial charge in [0, 0.05) is 11.3 Å². The van der Waals surface area contributed by atoms with Crippen LogP contribution in [0.4, 0.5) is 0 Å². The summed E-state index contributed by atoms with van der Waals surface area (Å²) in [6.07, 6.45) is 8.18. The Hall–Kier alpha value is -1.44. The Kier molecular flexibility index (Phi) is 3.38. The molecular weight excluding hydrogens is 236 g/mol. The first kappa shape index (κ1) is 14.0. The van der Waals surface area contributed by atoms with Gasteiger partial charge in [0.15, 0.2) is 0 Å². The van der Waals surface area contributed by atoms with Crippen molar-refractivity contribution in [1.29, 1.82) is 0 Å². The molecule has 0 unspecified atom stereocenters. The molecule has 0 N–H and O–H groups in total. The van der Waals surface area contributed by atoms with Gasteiger partial charge in [-0.3, -0.25) is 9.59 Å². The van der Waals surface area contributed by atoms with Crippen LogP contribution >= 0.6 is 0 Å². The van der Waals surface area contributed by atoms with Crippen LogP contribution in [0.15, 0.2) is 35.5 Å². The van der Waals surface area contributed by atoms with Crippen molar-refractivity contribution in [3.8, 4) is 0 Å². The van der Waals surface area contributed by atoms with Gasteiger partial charge >= 0.3 is 0 Å². The lowest BCUT2D eigenvalue weighted by Crippen LogP contribution is -2.55. The quantitative estimate of drug-likeness (QED) is 0.431. The molecule has 0 aromatic rings. The maximum atomic E-state index is 12.2. The summed E-state index contributed by atoms with van der Waals surface area (Å²) in [5.41, 5.74) is 2.03. The molecule has 0 aromatic heterocycles. The molecule has 1 saturated carbocycles. The average molecular weight is 258 g/mol. The van der Waals surface area contributed by atoms with Crippen molar-refractivity contribution in [3.05, 3.63) is 35.5 Å². The fourth-order valence-electron chi connectivity index (χ4n) is 3.46. The molecule has 3 aliphatic rings. The third kappa shape index (κ3) is 2.03. The standard InChI is InChI=1S/C17H22O2/c1-10(2)7-6-8-17(5)12(4)13-9-11(3)14(17)16(19)15(13)18/h6-9,12-14H,1-5H3/b8-6-/t12-,13+,14+,17-/m0/s1. The van der Waals surface area contributed by atoms with Crippen LogP contribution in [0.25, 0.3) is 0 Å². The van der Waals surface area contributed by atoms with E-state index >= 15 is 0 Å². The van der Waals surface area contributed by atoms with Crippen LogP contribution in [-0.4, -0.2) is 11.6 Å². The molecule has 2 nitrogen and oxygen atoms in total. The Morgan fingerprint density at radius 1 is 1.26 bits per heavy atom. The van der Waals surface area contributed by atoms with Crippen molar-refractivity contribution in [2.75, 3.05) is 0 Å². The van der Waals surface area contributed by atoms with Crippen LogP contribution < -0.4 is 0 Å². The fourth-order valence-corrected chi connectivity index (χ4v) is 3.46. The van der Waals surface area contributed by atoms with E-state index in [4.69, 9.17) is 0 Å². The summed E-state index contributed by atoms with van der Waals surface area (Å²) < 4.78 is 0. The van der Waals surface area contributed by atoms with Crippen LogP contribution in [0.1, 0.15) is 34.6 Å². The normalized spacial score (nSPS) is 37.7. The number of rotatable bonds is 2. The summed E-state index contributed by atoms with van der Waals surface area (Å²) in [4.78, 5) is 24.2. The third-order valence-electron chi connectivity index (χ3n) is 4.73. The van der Waals surface area contributed by atoms with Gasteiger partial charge in [0.1, 0.15) is 0 Å². The zero-order valence-electron chi connectivity index (χ0n) is 12.4. The predicted molar refractivity (Wildman–Crippen MR) is 76.6 cm³/mol. The summed E-state index contributed by atoms with van der Waals surface area (Å²) >= 11 is 0. The smallest absolute Gasteiger partial charge is 0.206 e. The van der Waals surface area contributed by atoms with Crippen molar-refractivity contribution in [2.45, 2.75) is 34.6 Å². The van der Waals surface area contributed by atoms with Gasteiger partial charge in [-0.2, -0.15) is 0 Å². The molecule has 102 valence electrons. The van der Waals surface area contributed by atoms with Crippen LogP contribution in [0, 0.1) is 23.2 Å². The van der Waals surface area contributed by atoms with Gasteiger partial charge in [0.05, 0.1) is 5.92 Å². The molecule has 0 heterocycles. The summed E-state index contributed by atoms with van der Waals surface area (Å²) in [5.74, 6) is -0.738. The molecule has 19 heavy (non-hydrogen) atoms. The van der Waals surface area contributed by atoms with Crippen LogP contribution in [0.2, 0.25) is 0 Å². The Morgan fingerprint density at radius 2 is 1.89 bits per heavy atom. The van der Waals surface area contributed by atoms with Crippen molar-refractivity contribution < 1.29 is 9.59 Å². The average Bonchev–Trinajstić information content (AvgIpc) is 2.30. The number of ketones is 2. The largest absolute Gasteiger partial charge is 0.290 e. The van der Waals surface area contributed by atoms with E-state index in [0.29, 0.717) is 0 Å². The SMILES string of the molecule is CC(C)=C/C=C\[C@]1(C)[C@H]2C(=O)C(=O)[C@H](C=C2C)[C@@H]1C. The van der Waals surface area contributed by atoms with Gasteiger partial charge in [-0.05, 0) is 26.7 Å². The molecule has 0 saturated heterocycles. The van der Waals surface area contributed by atoms with Crippen molar-refractivity contribution in [1.82, 2.24) is 0 Å². The Balaban J connectivity index is 2.45. The predicted octanol–water partition coefficient (Wildman–Crippen LogP) is 3.50. The van der Waals surface area contributed by atoms with E-state index in [1.54, 1.807) is 0 Å². The summed E-state index contributed by atoms with van der Waals surface area (Å²) in [5, 5.41) is 0. The van der Waals surface area contributed by atoms with E-state index < -0.39 is 0 Å². The lowest BCUT2D eigenvalue weighted by atomic mass is 9.51. The molecule has 4 atom stereocenters. The van der Waals surface area contributed by atoms with E-state index in [1.807, 2.05) is 39.0 Å². The minimum absolute atomic E-state index is 0.174. The minimum atomic E-state index is -0.276. The summed E-state index contributed by atoms with van der Waals surface area (Å²) in [6.45, 7) is 10.2. The maximum absolute atomic E-state index is 12.2. The molecule has 0 aromatic carbocycles. The molecule has 3 rings (SSSR count). The van der Waals surface area contributed by atoms with Crippen molar-refractivity contribution in [3.63, 3.8) is 0 Å². The molecule has 2 heteroatoms. The number of hydrogen-bond acceptors (Lipinski definition) is 2. The highest BCUT2D eigenvalue weighted by atomic mass is 16.2. The molecule has 0 amide bonds. The molecular formula is C17H22O2. The first-order valence-corrected chi connectivity index (χ1v) is 6.88. The van der Waals surface area contributed by atoms with Crippen LogP contribution in [-0.2, 0) is 9.59 Å². The fraction of sp³-hybridized carbons (Fsp3) is 0.529. The van der Waals surface area contributed by atoms with E-state index in [2.05, 4.69) is 19.9 Å². The number of carbonyl (C=O) groups excluding carboxylic acids is 2. The monoisotopic (exact) mass is 258 g/mol. The van der Waals surface area contributed by atoms with E-state index in [-0.39, 0.29) is 34.7 Å². The second kappa shape index (κ2) is 4.59. The first-order chi connectivity index (χ1) is 8.79. The zero-order chi connectivity index (χ0) is 14.4. The molecule has 0 spiro atoms. The third-order valence-corrected chi connectivity index (χ3v) is 4.73. The van der Waals surface area contributed by atoms with Crippen LogP contribution in [0.5, 0.6) is 0 Å². The number of Topliss-reactive ketones (excluding diaryl/α,β-unsaturated/α-hetero) is 2. The number of fused-ring (bicyclic) bond motifs is 2. The van der Waals surface area contributed by atoms with Gasteiger partial charge < -0.3 is 0 Å². The van der Waals surface area contributed by atoms with Gasteiger partial charge in [0.2, 0.25) is 11.6 Å². The Morgan fingerprint density at radius 3 is 2.47 bits per heavy atom. The zero-order valence-corrected chi connectivity index (χ0v) is 12.4. The molecule has 0 aliphatic heterocycles. The lowest BCUT2D eigenvalue weighted by Gasteiger charge is -2.50. The highest BCUT2D eigenvalue weighted by molar-refractivity contribution is 6.41. The summed E-state index contributed by atoms with van der Waals surface area (Å²) in [7, 11) is 0. The molecule has 1 fully saturated rings. The van der Waals surface area contributed by atoms with Gasteiger partial charge in [-0.25, -0.2) is 0 Å². The van der Waals surface area contributed by atoms with E-state index in [9.17, 15) is 9.59 Å². The van der Waals surface area contributed by atoms with E-state index in [0.717, 1.165) is 5.57 Å². The Labute approximate surface area is 115 Å². The second-order valence-electron chi connectivity index (χ2n) is 6.36. The molecule has 0 radical (unpaired) electrons. The van der Waals surface area contributed by atoms with Gasteiger partial charge in [-0.1, -0.05) is 49.3 Å². The van der Waals surface area contributed by atoms with E-state index in [1.165, 1.54) is 5.57 Å². The highest BCUT2D eigenvalue weighted by Crippen LogP contribution is 2.53. The van der Waals surface area contributed by atoms with Crippen molar-refractivity contribution >= 4 is 11.6 Å².